The summed E-state index contributed by atoms with van der Waals surface area (Å²) in [5, 5.41) is 9.72. The van der Waals surface area contributed by atoms with Crippen LogP contribution in [0.5, 0.6) is 0 Å². The molecule has 1 rings (SSSR count). The molecule has 76 valence electrons. The van der Waals surface area contributed by atoms with Gasteiger partial charge in [0.2, 0.25) is 0 Å². The second-order valence-corrected chi connectivity index (χ2v) is 5.04. The summed E-state index contributed by atoms with van der Waals surface area (Å²) in [6.07, 6.45) is 2.51. The van der Waals surface area contributed by atoms with Crippen LogP contribution < -0.4 is 0 Å². The molecule has 0 spiro atoms. The van der Waals surface area contributed by atoms with E-state index in [1.807, 2.05) is 6.92 Å². The highest BCUT2D eigenvalue weighted by molar-refractivity contribution is 7.11. The second-order valence-electron chi connectivity index (χ2n) is 3.87. The van der Waals surface area contributed by atoms with E-state index in [-0.39, 0.29) is 0 Å². The summed E-state index contributed by atoms with van der Waals surface area (Å²) in [7, 11) is 0. The lowest BCUT2D eigenvalue weighted by Crippen LogP contribution is -1.92. The van der Waals surface area contributed by atoms with Gasteiger partial charge in [-0.1, -0.05) is 13.8 Å². The van der Waals surface area contributed by atoms with Gasteiger partial charge in [-0.05, 0) is 19.3 Å². The van der Waals surface area contributed by atoms with Crippen LogP contribution in [0, 0.1) is 24.2 Å². The van der Waals surface area contributed by atoms with E-state index in [9.17, 15) is 0 Å². The number of hydrogen-bond acceptors (Lipinski definition) is 3. The normalized spacial score (nSPS) is 10.5. The number of nitrogens with zero attached hydrogens (tertiary/aromatic N) is 2. The molecular weight excluding hydrogens is 192 g/mol. The minimum Gasteiger partial charge on any atom is -0.246 e. The summed E-state index contributed by atoms with van der Waals surface area (Å²) in [4.78, 5) is 5.79. The van der Waals surface area contributed by atoms with E-state index in [4.69, 9.17) is 5.26 Å². The summed E-state index contributed by atoms with van der Waals surface area (Å²) in [5.41, 5.74) is 1.11. The first-order chi connectivity index (χ1) is 6.63. The summed E-state index contributed by atoms with van der Waals surface area (Å²) in [6.45, 7) is 6.43. The topological polar surface area (TPSA) is 36.7 Å². The Morgan fingerprint density at radius 3 is 2.79 bits per heavy atom. The van der Waals surface area contributed by atoms with Crippen LogP contribution in [0.4, 0.5) is 0 Å². The van der Waals surface area contributed by atoms with Gasteiger partial charge in [-0.2, -0.15) is 5.26 Å². The third-order valence-electron chi connectivity index (χ3n) is 1.98. The van der Waals surface area contributed by atoms with Crippen molar-refractivity contribution < 1.29 is 0 Å². The van der Waals surface area contributed by atoms with Crippen LogP contribution in [-0.4, -0.2) is 4.98 Å². The van der Waals surface area contributed by atoms with Gasteiger partial charge in [0.25, 0.3) is 0 Å². The zero-order valence-electron chi connectivity index (χ0n) is 9.00. The molecule has 0 saturated carbocycles. The molecule has 0 bridgehead atoms. The molecule has 3 heteroatoms. The molecule has 0 aliphatic carbocycles. The molecule has 1 aromatic heterocycles. The molecule has 2 nitrogen and oxygen atoms in total. The van der Waals surface area contributed by atoms with Crippen molar-refractivity contribution in [2.45, 2.75) is 40.0 Å². The average Bonchev–Trinajstić information content (AvgIpc) is 2.41. The molecule has 0 N–H and O–H groups in total. The number of thiazole rings is 1. The van der Waals surface area contributed by atoms with Gasteiger partial charge in [0, 0.05) is 17.7 Å². The van der Waals surface area contributed by atoms with Crippen molar-refractivity contribution in [1.29, 1.82) is 5.26 Å². The van der Waals surface area contributed by atoms with E-state index < -0.39 is 0 Å². The molecular formula is C11H16N2S. The highest BCUT2D eigenvalue weighted by atomic mass is 32.1. The standard InChI is InChI=1S/C11H16N2S/c1-8(2)7-11-13-9(3)10(14-11)5-4-6-12/h8H,4-5,7H2,1-3H3. The average molecular weight is 208 g/mol. The van der Waals surface area contributed by atoms with Crippen molar-refractivity contribution in [2.24, 2.45) is 5.92 Å². The zero-order chi connectivity index (χ0) is 10.6. The van der Waals surface area contributed by atoms with Crippen LogP contribution in [0.15, 0.2) is 0 Å². The fourth-order valence-electron chi connectivity index (χ4n) is 1.33. The van der Waals surface area contributed by atoms with Crippen molar-refractivity contribution >= 4 is 11.3 Å². The minimum atomic E-state index is 0.601. The maximum Gasteiger partial charge on any atom is 0.0933 e. The predicted molar refractivity (Wildman–Crippen MR) is 59.3 cm³/mol. The molecule has 0 unspecified atom stereocenters. The number of aryl methyl sites for hydroxylation is 2. The van der Waals surface area contributed by atoms with E-state index >= 15 is 0 Å². The minimum absolute atomic E-state index is 0.601. The van der Waals surface area contributed by atoms with Crippen LogP contribution in [0.25, 0.3) is 0 Å². The lowest BCUT2D eigenvalue weighted by atomic mass is 10.1. The van der Waals surface area contributed by atoms with Crippen molar-refractivity contribution in [3.63, 3.8) is 0 Å². The van der Waals surface area contributed by atoms with Crippen LogP contribution in [0.1, 0.15) is 35.8 Å². The molecule has 0 fully saturated rings. The third-order valence-corrected chi connectivity index (χ3v) is 3.22. The van der Waals surface area contributed by atoms with Crippen molar-refractivity contribution in [3.05, 3.63) is 15.6 Å². The Labute approximate surface area is 89.6 Å². The van der Waals surface area contributed by atoms with Crippen LogP contribution in [-0.2, 0) is 12.8 Å². The van der Waals surface area contributed by atoms with Gasteiger partial charge in [0.1, 0.15) is 0 Å². The maximum absolute atomic E-state index is 8.50. The Morgan fingerprint density at radius 1 is 1.50 bits per heavy atom. The molecule has 0 atom stereocenters. The van der Waals surface area contributed by atoms with Crippen molar-refractivity contribution in [2.75, 3.05) is 0 Å². The first-order valence-electron chi connectivity index (χ1n) is 4.95. The smallest absolute Gasteiger partial charge is 0.0933 e. The monoisotopic (exact) mass is 208 g/mol. The molecule has 0 aliphatic heterocycles. The number of hydrogen-bond donors (Lipinski definition) is 0. The Bertz CT molecular complexity index is 334. The maximum atomic E-state index is 8.50. The Balaban J connectivity index is 2.68. The summed E-state index contributed by atoms with van der Waals surface area (Å²) >= 11 is 1.77. The first-order valence-corrected chi connectivity index (χ1v) is 5.77. The van der Waals surface area contributed by atoms with Gasteiger partial charge in [-0.25, -0.2) is 4.98 Å². The lowest BCUT2D eigenvalue weighted by molar-refractivity contribution is 0.643. The highest BCUT2D eigenvalue weighted by Gasteiger charge is 2.08. The molecule has 0 amide bonds. The molecule has 14 heavy (non-hydrogen) atoms. The lowest BCUT2D eigenvalue weighted by Gasteiger charge is -1.98. The summed E-state index contributed by atoms with van der Waals surface area (Å²) in [6, 6.07) is 2.17. The largest absolute Gasteiger partial charge is 0.246 e. The second kappa shape index (κ2) is 5.11. The van der Waals surface area contributed by atoms with Crippen molar-refractivity contribution in [1.82, 2.24) is 4.98 Å². The quantitative estimate of drug-likeness (QED) is 0.762. The molecule has 0 radical (unpaired) electrons. The zero-order valence-corrected chi connectivity index (χ0v) is 9.82. The number of aromatic nitrogens is 1. The SMILES string of the molecule is Cc1nc(CC(C)C)sc1CCC#N. The van der Waals surface area contributed by atoms with Crippen LogP contribution >= 0.6 is 11.3 Å². The van der Waals surface area contributed by atoms with E-state index in [0.29, 0.717) is 12.3 Å². The van der Waals surface area contributed by atoms with E-state index in [1.165, 1.54) is 9.88 Å². The van der Waals surface area contributed by atoms with Gasteiger partial charge in [0.15, 0.2) is 0 Å². The number of nitriles is 1. The van der Waals surface area contributed by atoms with E-state index in [1.54, 1.807) is 11.3 Å². The van der Waals surface area contributed by atoms with Gasteiger partial charge in [0.05, 0.1) is 16.8 Å². The van der Waals surface area contributed by atoms with E-state index in [0.717, 1.165) is 18.5 Å². The predicted octanol–water partition coefficient (Wildman–Crippen LogP) is 3.11. The Hall–Kier alpha value is -0.880. The van der Waals surface area contributed by atoms with Gasteiger partial charge >= 0.3 is 0 Å². The third kappa shape index (κ3) is 3.12. The van der Waals surface area contributed by atoms with Crippen molar-refractivity contribution in [3.8, 4) is 6.07 Å². The molecule has 1 aromatic rings. The fourth-order valence-corrected chi connectivity index (χ4v) is 2.61. The van der Waals surface area contributed by atoms with Crippen LogP contribution in [0.2, 0.25) is 0 Å². The Kier molecular flexibility index (Phi) is 4.09. The van der Waals surface area contributed by atoms with E-state index in [2.05, 4.69) is 24.9 Å². The fraction of sp³-hybridized carbons (Fsp3) is 0.636. The van der Waals surface area contributed by atoms with Gasteiger partial charge in [-0.3, -0.25) is 0 Å². The molecule has 1 heterocycles. The number of rotatable bonds is 4. The molecule has 0 aliphatic rings. The van der Waals surface area contributed by atoms with Crippen LogP contribution in [0.3, 0.4) is 0 Å². The highest BCUT2D eigenvalue weighted by Crippen LogP contribution is 2.21. The molecule has 0 saturated heterocycles. The summed E-state index contributed by atoms with van der Waals surface area (Å²) < 4.78 is 0. The first kappa shape index (κ1) is 11.2. The summed E-state index contributed by atoms with van der Waals surface area (Å²) in [5.74, 6) is 0.657. The van der Waals surface area contributed by atoms with Gasteiger partial charge in [-0.15, -0.1) is 11.3 Å². The van der Waals surface area contributed by atoms with Gasteiger partial charge < -0.3 is 0 Å². The molecule has 0 aromatic carbocycles. The Morgan fingerprint density at radius 2 is 2.21 bits per heavy atom.